The second-order valence-corrected chi connectivity index (χ2v) is 4.74. The van der Waals surface area contributed by atoms with Gasteiger partial charge in [-0.3, -0.25) is 10.6 Å². The molecule has 8 heteroatoms. The summed E-state index contributed by atoms with van der Waals surface area (Å²) in [6, 6.07) is -0.996. The highest BCUT2D eigenvalue weighted by atomic mass is 32.2. The van der Waals surface area contributed by atoms with Crippen molar-refractivity contribution in [2.45, 2.75) is 25.3 Å². The second kappa shape index (κ2) is 4.22. The first-order valence-corrected chi connectivity index (χ1v) is 5.65. The molecular weight excluding hydrogens is 210 g/mol. The van der Waals surface area contributed by atoms with Gasteiger partial charge in [0.1, 0.15) is 6.04 Å². The van der Waals surface area contributed by atoms with E-state index in [9.17, 15) is 13.2 Å². The lowest BCUT2D eigenvalue weighted by molar-refractivity contribution is -0.142. The molecule has 0 aromatic rings. The summed E-state index contributed by atoms with van der Waals surface area (Å²) in [6.45, 7) is 0.198. The Morgan fingerprint density at radius 2 is 2.14 bits per heavy atom. The van der Waals surface area contributed by atoms with Crippen LogP contribution >= 0.6 is 0 Å². The quantitative estimate of drug-likeness (QED) is 0.404. The second-order valence-electron chi connectivity index (χ2n) is 3.08. The highest BCUT2D eigenvalue weighted by molar-refractivity contribution is 7.87. The molecule has 0 amide bonds. The van der Waals surface area contributed by atoms with Gasteiger partial charge in [0.15, 0.2) is 0 Å². The molecule has 14 heavy (non-hydrogen) atoms. The van der Waals surface area contributed by atoms with E-state index in [0.717, 1.165) is 4.31 Å². The first-order chi connectivity index (χ1) is 6.49. The number of hydrazine groups is 1. The van der Waals surface area contributed by atoms with Crippen molar-refractivity contribution in [2.75, 3.05) is 6.54 Å². The van der Waals surface area contributed by atoms with Gasteiger partial charge in [-0.05, 0) is 19.3 Å². The van der Waals surface area contributed by atoms with Crippen molar-refractivity contribution >= 4 is 16.2 Å². The molecule has 82 valence electrons. The van der Waals surface area contributed by atoms with E-state index < -0.39 is 22.2 Å². The van der Waals surface area contributed by atoms with Crippen LogP contribution in [0.5, 0.6) is 0 Å². The van der Waals surface area contributed by atoms with Crippen LogP contribution in [0.25, 0.3) is 0 Å². The lowest BCUT2D eigenvalue weighted by Gasteiger charge is -2.30. The molecule has 1 atom stereocenters. The number of nitrogens with one attached hydrogen (secondary N) is 1. The van der Waals surface area contributed by atoms with Crippen LogP contribution in [0, 0.1) is 0 Å². The Morgan fingerprint density at radius 1 is 1.50 bits per heavy atom. The topological polar surface area (TPSA) is 113 Å². The van der Waals surface area contributed by atoms with Crippen LogP contribution in [-0.4, -0.2) is 36.4 Å². The van der Waals surface area contributed by atoms with Crippen LogP contribution in [0.4, 0.5) is 0 Å². The van der Waals surface area contributed by atoms with Crippen LogP contribution in [0.3, 0.4) is 0 Å². The van der Waals surface area contributed by atoms with Crippen molar-refractivity contribution in [3.8, 4) is 0 Å². The molecule has 0 bridgehead atoms. The SMILES string of the molecule is NNS(=O)(=O)N1CCCCC1C(=O)O. The summed E-state index contributed by atoms with van der Waals surface area (Å²) in [7, 11) is -3.84. The van der Waals surface area contributed by atoms with Crippen molar-refractivity contribution in [3.05, 3.63) is 0 Å². The number of hydrogen-bond acceptors (Lipinski definition) is 4. The zero-order chi connectivity index (χ0) is 10.8. The number of nitrogens with two attached hydrogens (primary N) is 1. The van der Waals surface area contributed by atoms with Crippen LogP contribution in [0.2, 0.25) is 0 Å². The standard InChI is InChI=1S/C6H13N3O4S/c7-8-14(12,13)9-4-2-1-3-5(9)6(10)11/h5,8H,1-4,7H2,(H,10,11). The number of rotatable bonds is 3. The van der Waals surface area contributed by atoms with Crippen molar-refractivity contribution in [2.24, 2.45) is 5.84 Å². The minimum atomic E-state index is -3.84. The van der Waals surface area contributed by atoms with Gasteiger partial charge in [0.05, 0.1) is 0 Å². The Labute approximate surface area is 82.0 Å². The van der Waals surface area contributed by atoms with E-state index >= 15 is 0 Å². The average Bonchev–Trinajstić information content (AvgIpc) is 2.18. The van der Waals surface area contributed by atoms with E-state index in [1.54, 1.807) is 4.83 Å². The molecule has 1 fully saturated rings. The molecule has 1 aliphatic rings. The summed E-state index contributed by atoms with van der Waals surface area (Å²) in [4.78, 5) is 12.4. The van der Waals surface area contributed by atoms with E-state index in [-0.39, 0.29) is 6.54 Å². The lowest BCUT2D eigenvalue weighted by atomic mass is 10.1. The molecule has 1 saturated heterocycles. The number of hydrogen-bond donors (Lipinski definition) is 3. The molecule has 7 nitrogen and oxygen atoms in total. The predicted octanol–water partition coefficient (Wildman–Crippen LogP) is -1.37. The molecule has 1 rings (SSSR count). The van der Waals surface area contributed by atoms with Gasteiger partial charge < -0.3 is 5.11 Å². The predicted molar refractivity (Wildman–Crippen MR) is 48.2 cm³/mol. The van der Waals surface area contributed by atoms with Gasteiger partial charge in [-0.2, -0.15) is 12.7 Å². The smallest absolute Gasteiger partial charge is 0.322 e. The van der Waals surface area contributed by atoms with Gasteiger partial charge in [0.2, 0.25) is 0 Å². The van der Waals surface area contributed by atoms with E-state index in [1.165, 1.54) is 0 Å². The number of carboxylic acid groups (broad SMARTS) is 1. The fourth-order valence-electron chi connectivity index (χ4n) is 1.51. The molecule has 1 heterocycles. The summed E-state index contributed by atoms with van der Waals surface area (Å²) in [5.41, 5.74) is 0. The zero-order valence-electron chi connectivity index (χ0n) is 7.51. The van der Waals surface area contributed by atoms with E-state index in [0.29, 0.717) is 19.3 Å². The Balaban J connectivity index is 2.88. The maximum atomic E-state index is 11.3. The van der Waals surface area contributed by atoms with Gasteiger partial charge in [0, 0.05) is 6.54 Å². The molecule has 1 aliphatic heterocycles. The fraction of sp³-hybridized carbons (Fsp3) is 0.833. The molecule has 0 spiro atoms. The van der Waals surface area contributed by atoms with Crippen molar-refractivity contribution in [1.29, 1.82) is 0 Å². The number of carboxylic acids is 1. The highest BCUT2D eigenvalue weighted by Gasteiger charge is 2.35. The van der Waals surface area contributed by atoms with E-state index in [4.69, 9.17) is 10.9 Å². The maximum absolute atomic E-state index is 11.3. The van der Waals surface area contributed by atoms with Crippen molar-refractivity contribution in [1.82, 2.24) is 9.14 Å². The molecule has 0 aromatic heterocycles. The van der Waals surface area contributed by atoms with Gasteiger partial charge in [-0.15, -0.1) is 4.83 Å². The number of nitrogens with zero attached hydrogens (tertiary/aromatic N) is 1. The number of piperidine rings is 1. The Hall–Kier alpha value is -0.700. The summed E-state index contributed by atoms with van der Waals surface area (Å²) in [5, 5.41) is 8.79. The Kier molecular flexibility index (Phi) is 3.43. The van der Waals surface area contributed by atoms with Crippen molar-refractivity contribution < 1.29 is 18.3 Å². The van der Waals surface area contributed by atoms with Gasteiger partial charge in [0.25, 0.3) is 10.2 Å². The van der Waals surface area contributed by atoms with Gasteiger partial charge in [-0.1, -0.05) is 0 Å². The Bertz CT molecular complexity index is 315. The summed E-state index contributed by atoms with van der Waals surface area (Å²) in [5.74, 6) is 3.69. The van der Waals surface area contributed by atoms with Crippen molar-refractivity contribution in [3.63, 3.8) is 0 Å². The average molecular weight is 223 g/mol. The molecule has 4 N–H and O–H groups in total. The van der Waals surface area contributed by atoms with Crippen LogP contribution < -0.4 is 10.7 Å². The third-order valence-corrected chi connectivity index (χ3v) is 3.55. The maximum Gasteiger partial charge on any atom is 0.322 e. The highest BCUT2D eigenvalue weighted by Crippen LogP contribution is 2.19. The largest absolute Gasteiger partial charge is 0.480 e. The molecule has 0 aromatic carbocycles. The minimum absolute atomic E-state index is 0.198. The number of aliphatic carboxylic acids is 1. The van der Waals surface area contributed by atoms with Crippen LogP contribution in [-0.2, 0) is 15.0 Å². The molecule has 1 unspecified atom stereocenters. The van der Waals surface area contributed by atoms with Gasteiger partial charge >= 0.3 is 5.97 Å². The molecular formula is C6H13N3O4S. The fourth-order valence-corrected chi connectivity index (χ4v) is 2.54. The van der Waals surface area contributed by atoms with Crippen LogP contribution in [0.15, 0.2) is 0 Å². The summed E-state index contributed by atoms with van der Waals surface area (Å²) in [6.07, 6.45) is 1.70. The third-order valence-electron chi connectivity index (χ3n) is 2.20. The first-order valence-electron chi connectivity index (χ1n) is 4.21. The molecule has 0 radical (unpaired) electrons. The minimum Gasteiger partial charge on any atom is -0.480 e. The Morgan fingerprint density at radius 3 is 2.64 bits per heavy atom. The van der Waals surface area contributed by atoms with Crippen LogP contribution in [0.1, 0.15) is 19.3 Å². The lowest BCUT2D eigenvalue weighted by Crippen LogP contribution is -2.53. The first kappa shape index (κ1) is 11.4. The monoisotopic (exact) mass is 223 g/mol. The third kappa shape index (κ3) is 2.21. The summed E-state index contributed by atoms with van der Waals surface area (Å²) < 4.78 is 23.5. The van der Waals surface area contributed by atoms with E-state index in [2.05, 4.69) is 0 Å². The summed E-state index contributed by atoms with van der Waals surface area (Å²) >= 11 is 0. The number of carbonyl (C=O) groups is 1. The zero-order valence-corrected chi connectivity index (χ0v) is 8.33. The molecule has 0 aliphatic carbocycles. The molecule has 0 saturated carbocycles. The normalized spacial score (nSPS) is 24.8. The van der Waals surface area contributed by atoms with Gasteiger partial charge in [-0.25, -0.2) is 0 Å². The van der Waals surface area contributed by atoms with E-state index in [1.807, 2.05) is 0 Å².